The lowest BCUT2D eigenvalue weighted by Crippen LogP contribution is -2.20. The van der Waals surface area contributed by atoms with E-state index in [1.54, 1.807) is 24.1 Å². The number of halogens is 1. The van der Waals surface area contributed by atoms with Gasteiger partial charge in [-0.25, -0.2) is 4.39 Å². The summed E-state index contributed by atoms with van der Waals surface area (Å²) in [6.45, 7) is 1.70. The van der Waals surface area contributed by atoms with Crippen LogP contribution in [0.1, 0.15) is 18.4 Å². The molecule has 2 aromatic rings. The SMILES string of the molecule is Fc1cc(C2=C(C3CC3)SC3=NCCN32)c2occc2c1. The normalized spacial score (nSPS) is 21.4. The molecule has 3 aliphatic rings. The summed E-state index contributed by atoms with van der Waals surface area (Å²) in [4.78, 5) is 8.14. The summed E-state index contributed by atoms with van der Waals surface area (Å²) in [6.07, 6.45) is 4.08. The topological polar surface area (TPSA) is 28.7 Å². The molecule has 1 fully saturated rings. The zero-order chi connectivity index (χ0) is 14.0. The molecule has 0 radical (unpaired) electrons. The molecule has 1 aromatic heterocycles. The van der Waals surface area contributed by atoms with E-state index in [0.717, 1.165) is 40.5 Å². The summed E-state index contributed by atoms with van der Waals surface area (Å²) < 4.78 is 19.6. The molecule has 0 spiro atoms. The van der Waals surface area contributed by atoms with Crippen LogP contribution >= 0.6 is 11.8 Å². The van der Waals surface area contributed by atoms with Crippen LogP contribution in [-0.4, -0.2) is 23.2 Å². The van der Waals surface area contributed by atoms with E-state index in [-0.39, 0.29) is 5.82 Å². The minimum Gasteiger partial charge on any atom is -0.464 e. The summed E-state index contributed by atoms with van der Waals surface area (Å²) in [5.41, 5.74) is 2.77. The van der Waals surface area contributed by atoms with Crippen LogP contribution in [0.2, 0.25) is 0 Å². The third-order valence-corrected chi connectivity index (χ3v) is 5.50. The number of furan rings is 1. The lowest BCUT2D eigenvalue weighted by atomic mass is 10.1. The molecular formula is C16H13FN2OS. The van der Waals surface area contributed by atoms with E-state index in [2.05, 4.69) is 9.89 Å². The standard InChI is InChI=1S/C16H13FN2OS/c17-11-7-10-3-6-20-14(10)12(8-11)13-15(9-1-2-9)21-16-18-4-5-19(13)16/h3,6-9H,1-2,4-5H2. The molecule has 106 valence electrons. The minimum atomic E-state index is -0.212. The number of thioether (sulfide) groups is 1. The molecule has 0 unspecified atom stereocenters. The fourth-order valence-electron chi connectivity index (χ4n) is 3.12. The number of allylic oxidation sites excluding steroid dienone is 1. The fourth-order valence-corrected chi connectivity index (χ4v) is 4.49. The Labute approximate surface area is 125 Å². The second-order valence-electron chi connectivity index (χ2n) is 5.70. The average Bonchev–Trinajstić information content (AvgIpc) is 2.89. The van der Waals surface area contributed by atoms with E-state index >= 15 is 0 Å². The van der Waals surface area contributed by atoms with E-state index in [0.29, 0.717) is 5.92 Å². The average molecular weight is 300 g/mol. The molecule has 0 N–H and O–H groups in total. The van der Waals surface area contributed by atoms with Gasteiger partial charge >= 0.3 is 0 Å². The number of benzene rings is 1. The van der Waals surface area contributed by atoms with Crippen LogP contribution in [0.15, 0.2) is 38.8 Å². The van der Waals surface area contributed by atoms with Crippen molar-refractivity contribution in [1.82, 2.24) is 4.90 Å². The van der Waals surface area contributed by atoms with Gasteiger partial charge in [0.15, 0.2) is 5.17 Å². The van der Waals surface area contributed by atoms with Crippen molar-refractivity contribution in [2.45, 2.75) is 12.8 Å². The summed E-state index contributed by atoms with van der Waals surface area (Å²) in [7, 11) is 0. The van der Waals surface area contributed by atoms with Crippen LogP contribution in [0.25, 0.3) is 16.7 Å². The van der Waals surface area contributed by atoms with Crippen molar-refractivity contribution in [2.75, 3.05) is 13.1 Å². The number of hydrogen-bond donors (Lipinski definition) is 0. The highest BCUT2D eigenvalue weighted by Gasteiger charge is 2.40. The molecule has 1 aliphatic carbocycles. The van der Waals surface area contributed by atoms with Crippen molar-refractivity contribution in [1.29, 1.82) is 0 Å². The summed E-state index contributed by atoms with van der Waals surface area (Å²) in [6, 6.07) is 4.95. The highest BCUT2D eigenvalue weighted by Crippen LogP contribution is 2.53. The number of amidine groups is 1. The van der Waals surface area contributed by atoms with Crippen molar-refractivity contribution in [3.05, 3.63) is 40.7 Å². The zero-order valence-electron chi connectivity index (χ0n) is 11.3. The number of aliphatic imine (C=N–C) groups is 1. The maximum Gasteiger partial charge on any atom is 0.168 e. The molecule has 21 heavy (non-hydrogen) atoms. The second-order valence-corrected chi connectivity index (χ2v) is 6.71. The third kappa shape index (κ3) is 1.70. The quantitative estimate of drug-likeness (QED) is 0.837. The van der Waals surface area contributed by atoms with Gasteiger partial charge in [0, 0.05) is 22.4 Å². The first-order valence-corrected chi connectivity index (χ1v) is 8.04. The minimum absolute atomic E-state index is 0.212. The van der Waals surface area contributed by atoms with Gasteiger partial charge in [-0.2, -0.15) is 0 Å². The van der Waals surface area contributed by atoms with Gasteiger partial charge in [0.2, 0.25) is 0 Å². The zero-order valence-corrected chi connectivity index (χ0v) is 12.1. The van der Waals surface area contributed by atoms with Gasteiger partial charge in [-0.05, 0) is 37.0 Å². The Morgan fingerprint density at radius 2 is 2.24 bits per heavy atom. The molecule has 3 heterocycles. The number of fused-ring (bicyclic) bond motifs is 2. The van der Waals surface area contributed by atoms with Gasteiger partial charge in [-0.3, -0.25) is 4.99 Å². The van der Waals surface area contributed by atoms with Crippen LogP contribution < -0.4 is 0 Å². The maximum absolute atomic E-state index is 14.0. The summed E-state index contributed by atoms with van der Waals surface area (Å²) >= 11 is 1.76. The Bertz CT molecular complexity index is 819. The molecule has 2 aliphatic heterocycles. The van der Waals surface area contributed by atoms with Crippen LogP contribution in [0.4, 0.5) is 4.39 Å². The summed E-state index contributed by atoms with van der Waals surface area (Å²) in [5, 5.41) is 1.89. The van der Waals surface area contributed by atoms with Crippen molar-refractivity contribution in [3.8, 4) is 0 Å². The first-order valence-electron chi connectivity index (χ1n) is 7.22. The Morgan fingerprint density at radius 1 is 1.33 bits per heavy atom. The van der Waals surface area contributed by atoms with E-state index in [1.165, 1.54) is 23.8 Å². The number of rotatable bonds is 2. The first kappa shape index (κ1) is 11.9. The van der Waals surface area contributed by atoms with Crippen molar-refractivity contribution in [3.63, 3.8) is 0 Å². The molecule has 0 amide bonds. The Hall–Kier alpha value is -1.75. The van der Waals surface area contributed by atoms with Gasteiger partial charge in [0.1, 0.15) is 11.4 Å². The highest BCUT2D eigenvalue weighted by molar-refractivity contribution is 8.17. The molecule has 0 atom stereocenters. The monoisotopic (exact) mass is 300 g/mol. The summed E-state index contributed by atoms with van der Waals surface area (Å²) in [5.74, 6) is 0.405. The third-order valence-electron chi connectivity index (χ3n) is 4.23. The second kappa shape index (κ2) is 4.13. The van der Waals surface area contributed by atoms with Crippen LogP contribution in [0.5, 0.6) is 0 Å². The number of nitrogens with zero attached hydrogens (tertiary/aromatic N) is 2. The van der Waals surface area contributed by atoms with Crippen LogP contribution in [-0.2, 0) is 0 Å². The van der Waals surface area contributed by atoms with E-state index < -0.39 is 0 Å². The Balaban J connectivity index is 1.78. The molecule has 0 bridgehead atoms. The maximum atomic E-state index is 14.0. The van der Waals surface area contributed by atoms with Gasteiger partial charge in [-0.1, -0.05) is 11.8 Å². The van der Waals surface area contributed by atoms with Gasteiger partial charge in [-0.15, -0.1) is 0 Å². The van der Waals surface area contributed by atoms with Crippen molar-refractivity contribution >= 4 is 33.6 Å². The van der Waals surface area contributed by atoms with Gasteiger partial charge < -0.3 is 9.32 Å². The van der Waals surface area contributed by atoms with E-state index in [4.69, 9.17) is 4.42 Å². The fraction of sp³-hybridized carbons (Fsp3) is 0.312. The predicted octanol–water partition coefficient (Wildman–Crippen LogP) is 4.07. The molecular weight excluding hydrogens is 287 g/mol. The Morgan fingerprint density at radius 3 is 3.10 bits per heavy atom. The van der Waals surface area contributed by atoms with Crippen molar-refractivity contribution < 1.29 is 8.81 Å². The van der Waals surface area contributed by atoms with Gasteiger partial charge in [0.05, 0.1) is 18.5 Å². The largest absolute Gasteiger partial charge is 0.464 e. The van der Waals surface area contributed by atoms with Crippen LogP contribution in [0, 0.1) is 11.7 Å². The first-order chi connectivity index (χ1) is 10.3. The molecule has 3 nitrogen and oxygen atoms in total. The molecule has 1 aromatic carbocycles. The van der Waals surface area contributed by atoms with Crippen molar-refractivity contribution in [2.24, 2.45) is 10.9 Å². The Kier molecular flexibility index (Phi) is 2.33. The van der Waals surface area contributed by atoms with E-state index in [9.17, 15) is 4.39 Å². The van der Waals surface area contributed by atoms with E-state index in [1.807, 2.05) is 6.07 Å². The molecule has 5 rings (SSSR count). The molecule has 0 saturated heterocycles. The molecule has 1 saturated carbocycles. The smallest absolute Gasteiger partial charge is 0.168 e. The molecule has 5 heteroatoms. The number of hydrogen-bond acceptors (Lipinski definition) is 4. The highest BCUT2D eigenvalue weighted by atomic mass is 32.2. The van der Waals surface area contributed by atoms with Gasteiger partial charge in [0.25, 0.3) is 0 Å². The lowest BCUT2D eigenvalue weighted by Gasteiger charge is -2.17. The van der Waals surface area contributed by atoms with Crippen LogP contribution in [0.3, 0.4) is 0 Å². The predicted molar refractivity (Wildman–Crippen MR) is 82.4 cm³/mol. The lowest BCUT2D eigenvalue weighted by molar-refractivity contribution is 0.600.